The maximum atomic E-state index is 13.0. The van der Waals surface area contributed by atoms with Gasteiger partial charge in [0.15, 0.2) is 11.6 Å². The molecule has 0 atom stereocenters. The average molecular weight is 362 g/mol. The number of thioether (sulfide) groups is 1. The maximum absolute atomic E-state index is 13.0. The minimum atomic E-state index is -0.377. The quantitative estimate of drug-likeness (QED) is 0.492. The fourth-order valence-corrected chi connectivity index (χ4v) is 3.63. The molecule has 1 aliphatic rings. The van der Waals surface area contributed by atoms with Crippen LogP contribution >= 0.6 is 11.8 Å². The first-order chi connectivity index (χ1) is 12.5. The highest BCUT2D eigenvalue weighted by molar-refractivity contribution is 8.14. The standard InChI is InChI=1S/C21H11FO3S/c22-13-6-8-14(9-7-13)26-21(25)12-5-10-17-18(11-12)20(24)16-4-2-1-3-15(16)19(17)23/h1-11H. The fourth-order valence-electron chi connectivity index (χ4n) is 2.89. The number of rotatable bonds is 2. The van der Waals surface area contributed by atoms with E-state index in [0.717, 1.165) is 11.8 Å². The third kappa shape index (κ3) is 2.76. The number of carbonyl (C=O) groups is 3. The second-order valence-electron chi connectivity index (χ2n) is 5.81. The second kappa shape index (κ2) is 6.35. The van der Waals surface area contributed by atoms with Gasteiger partial charge in [0, 0.05) is 32.7 Å². The van der Waals surface area contributed by atoms with Gasteiger partial charge in [-0.1, -0.05) is 24.3 Å². The van der Waals surface area contributed by atoms with E-state index >= 15 is 0 Å². The topological polar surface area (TPSA) is 51.2 Å². The third-order valence-corrected chi connectivity index (χ3v) is 5.11. The van der Waals surface area contributed by atoms with Gasteiger partial charge in [0.1, 0.15) is 5.82 Å². The van der Waals surface area contributed by atoms with E-state index in [0.29, 0.717) is 27.1 Å². The van der Waals surface area contributed by atoms with Gasteiger partial charge in [0.05, 0.1) is 0 Å². The Hall–Kier alpha value is -3.05. The number of hydrogen-bond acceptors (Lipinski definition) is 4. The van der Waals surface area contributed by atoms with Gasteiger partial charge in [0.2, 0.25) is 5.12 Å². The molecule has 5 heteroatoms. The van der Waals surface area contributed by atoms with Gasteiger partial charge in [-0.3, -0.25) is 14.4 Å². The van der Waals surface area contributed by atoms with Crippen LogP contribution in [0.5, 0.6) is 0 Å². The summed E-state index contributed by atoms with van der Waals surface area (Å²) in [5, 5.41) is -0.279. The molecule has 0 unspecified atom stereocenters. The Morgan fingerprint density at radius 1 is 0.731 bits per heavy atom. The molecule has 0 N–H and O–H groups in total. The molecule has 0 heterocycles. The molecule has 3 aromatic rings. The van der Waals surface area contributed by atoms with Crippen LogP contribution in [-0.2, 0) is 0 Å². The van der Waals surface area contributed by atoms with Crippen molar-refractivity contribution in [1.82, 2.24) is 0 Å². The molecule has 0 aliphatic heterocycles. The Balaban J connectivity index is 1.69. The molecule has 0 fully saturated rings. The predicted molar refractivity (Wildman–Crippen MR) is 96.3 cm³/mol. The molecule has 0 bridgehead atoms. The normalized spacial score (nSPS) is 12.5. The summed E-state index contributed by atoms with van der Waals surface area (Å²) in [6.45, 7) is 0. The Labute approximate surface area is 152 Å². The first-order valence-corrected chi connectivity index (χ1v) is 8.66. The van der Waals surface area contributed by atoms with Crippen molar-refractivity contribution in [1.29, 1.82) is 0 Å². The number of ketones is 2. The van der Waals surface area contributed by atoms with Gasteiger partial charge in [0.25, 0.3) is 0 Å². The summed E-state index contributed by atoms with van der Waals surface area (Å²) in [6, 6.07) is 16.8. The molecule has 3 nitrogen and oxygen atoms in total. The van der Waals surface area contributed by atoms with Gasteiger partial charge >= 0.3 is 0 Å². The van der Waals surface area contributed by atoms with Crippen molar-refractivity contribution in [2.75, 3.05) is 0 Å². The van der Waals surface area contributed by atoms with Crippen LogP contribution in [0.3, 0.4) is 0 Å². The molecule has 126 valence electrons. The van der Waals surface area contributed by atoms with Crippen molar-refractivity contribution in [3.63, 3.8) is 0 Å². The zero-order valence-electron chi connectivity index (χ0n) is 13.4. The van der Waals surface area contributed by atoms with E-state index in [1.54, 1.807) is 24.3 Å². The van der Waals surface area contributed by atoms with Crippen molar-refractivity contribution in [3.05, 3.63) is 100 Å². The fraction of sp³-hybridized carbons (Fsp3) is 0. The Kier molecular flexibility index (Phi) is 4.01. The number of hydrogen-bond donors (Lipinski definition) is 0. The SMILES string of the molecule is O=C(Sc1ccc(F)cc1)c1ccc2c(c1)C(=O)c1ccccc1C2=O. The van der Waals surface area contributed by atoms with Crippen LogP contribution in [0.15, 0.2) is 71.6 Å². The van der Waals surface area contributed by atoms with Crippen LogP contribution in [0.2, 0.25) is 0 Å². The molecular formula is C21H11FO3S. The van der Waals surface area contributed by atoms with E-state index < -0.39 is 0 Å². The monoisotopic (exact) mass is 362 g/mol. The summed E-state index contributed by atoms with van der Waals surface area (Å²) in [4.78, 5) is 38.4. The molecule has 0 saturated carbocycles. The number of benzene rings is 3. The summed E-state index contributed by atoms with van der Waals surface area (Å²) in [6.07, 6.45) is 0. The van der Waals surface area contributed by atoms with Gasteiger partial charge in [-0.25, -0.2) is 4.39 Å². The molecule has 0 aromatic heterocycles. The first-order valence-electron chi connectivity index (χ1n) is 7.85. The zero-order chi connectivity index (χ0) is 18.3. The summed E-state index contributed by atoms with van der Waals surface area (Å²) in [7, 11) is 0. The number of halogens is 1. The maximum Gasteiger partial charge on any atom is 0.224 e. The molecule has 0 amide bonds. The summed E-state index contributed by atoms with van der Waals surface area (Å²) >= 11 is 0.942. The molecule has 0 spiro atoms. The lowest BCUT2D eigenvalue weighted by atomic mass is 9.83. The van der Waals surface area contributed by atoms with Crippen molar-refractivity contribution < 1.29 is 18.8 Å². The van der Waals surface area contributed by atoms with Crippen LogP contribution in [0, 0.1) is 5.82 Å². The number of carbonyl (C=O) groups excluding carboxylic acids is 3. The van der Waals surface area contributed by atoms with Crippen molar-refractivity contribution in [2.24, 2.45) is 0 Å². The van der Waals surface area contributed by atoms with Gasteiger partial charge in [-0.15, -0.1) is 0 Å². The Bertz CT molecular complexity index is 1070. The second-order valence-corrected chi connectivity index (χ2v) is 6.85. The molecule has 3 aromatic carbocycles. The van der Waals surface area contributed by atoms with Crippen LogP contribution in [0.1, 0.15) is 42.2 Å². The molecule has 26 heavy (non-hydrogen) atoms. The third-order valence-electron chi connectivity index (χ3n) is 4.19. The highest BCUT2D eigenvalue weighted by Gasteiger charge is 2.29. The van der Waals surface area contributed by atoms with E-state index in [1.807, 2.05) is 0 Å². The molecule has 0 saturated heterocycles. The van der Waals surface area contributed by atoms with Crippen LogP contribution < -0.4 is 0 Å². The zero-order valence-corrected chi connectivity index (χ0v) is 14.2. The van der Waals surface area contributed by atoms with Crippen molar-refractivity contribution in [3.8, 4) is 0 Å². The highest BCUT2D eigenvalue weighted by atomic mass is 32.2. The smallest absolute Gasteiger partial charge is 0.224 e. The van der Waals surface area contributed by atoms with Crippen LogP contribution in [0.4, 0.5) is 4.39 Å². The van der Waals surface area contributed by atoms with Crippen LogP contribution in [-0.4, -0.2) is 16.7 Å². The lowest BCUT2D eigenvalue weighted by Crippen LogP contribution is -2.21. The van der Waals surface area contributed by atoms with Crippen molar-refractivity contribution >= 4 is 28.4 Å². The largest absolute Gasteiger partial charge is 0.289 e. The average Bonchev–Trinajstić information content (AvgIpc) is 2.67. The van der Waals surface area contributed by atoms with Gasteiger partial charge < -0.3 is 0 Å². The van der Waals surface area contributed by atoms with Crippen molar-refractivity contribution in [2.45, 2.75) is 4.90 Å². The molecular weight excluding hydrogens is 351 g/mol. The summed E-state index contributed by atoms with van der Waals surface area (Å²) in [5.41, 5.74) is 1.58. The van der Waals surface area contributed by atoms with E-state index in [4.69, 9.17) is 0 Å². The molecule has 4 rings (SSSR count). The first kappa shape index (κ1) is 16.4. The summed E-state index contributed by atoms with van der Waals surface area (Å²) < 4.78 is 13.0. The minimum Gasteiger partial charge on any atom is -0.289 e. The Morgan fingerprint density at radius 3 is 1.96 bits per heavy atom. The highest BCUT2D eigenvalue weighted by Crippen LogP contribution is 2.30. The summed E-state index contributed by atoms with van der Waals surface area (Å²) in [5.74, 6) is -0.865. The van der Waals surface area contributed by atoms with E-state index in [9.17, 15) is 18.8 Å². The number of fused-ring (bicyclic) bond motifs is 2. The van der Waals surface area contributed by atoms with Gasteiger partial charge in [-0.2, -0.15) is 0 Å². The van der Waals surface area contributed by atoms with E-state index in [1.165, 1.54) is 42.5 Å². The van der Waals surface area contributed by atoms with Gasteiger partial charge in [-0.05, 0) is 54.2 Å². The van der Waals surface area contributed by atoms with E-state index in [-0.39, 0.29) is 28.1 Å². The minimum absolute atomic E-state index is 0.222. The lowest BCUT2D eigenvalue weighted by Gasteiger charge is -2.17. The predicted octanol–water partition coefficient (Wildman–Crippen LogP) is 4.53. The molecule has 1 aliphatic carbocycles. The van der Waals surface area contributed by atoms with E-state index in [2.05, 4.69) is 0 Å². The lowest BCUT2D eigenvalue weighted by molar-refractivity contribution is 0.0978. The Morgan fingerprint density at radius 2 is 1.31 bits per heavy atom. The van der Waals surface area contributed by atoms with Crippen LogP contribution in [0.25, 0.3) is 0 Å². The molecule has 0 radical (unpaired) electrons.